The van der Waals surface area contributed by atoms with Gasteiger partial charge in [-0.15, -0.1) is 0 Å². The fourth-order valence-corrected chi connectivity index (χ4v) is 5.67. The minimum atomic E-state index is -0.395. The van der Waals surface area contributed by atoms with Gasteiger partial charge in [-0.2, -0.15) is 0 Å². The molecule has 0 N–H and O–H groups in total. The quantitative estimate of drug-likeness (QED) is 0.349. The number of aromatic nitrogens is 2. The Kier molecular flexibility index (Phi) is 6.71. The predicted octanol–water partition coefficient (Wildman–Crippen LogP) is 2.05. The smallest absolute Gasteiger partial charge is 0.309 e. The van der Waals surface area contributed by atoms with Crippen LogP contribution in [0.25, 0.3) is 0 Å². The minimum absolute atomic E-state index is 0.0281. The van der Waals surface area contributed by atoms with Gasteiger partial charge in [-0.05, 0) is 43.9 Å². The van der Waals surface area contributed by atoms with Crippen LogP contribution in [0.2, 0.25) is 0 Å². The van der Waals surface area contributed by atoms with Gasteiger partial charge in [-0.3, -0.25) is 19.7 Å². The molecule has 190 valence electrons. The number of rotatable bonds is 5. The van der Waals surface area contributed by atoms with E-state index in [-0.39, 0.29) is 35.4 Å². The van der Waals surface area contributed by atoms with Crippen molar-refractivity contribution in [2.75, 3.05) is 49.1 Å². The lowest BCUT2D eigenvalue weighted by Crippen LogP contribution is -2.62. The van der Waals surface area contributed by atoms with Crippen LogP contribution in [0.3, 0.4) is 0 Å². The highest BCUT2D eigenvalue weighted by molar-refractivity contribution is 5.83. The Morgan fingerprint density at radius 2 is 1.89 bits per heavy atom. The highest BCUT2D eigenvalue weighted by Gasteiger charge is 2.44. The monoisotopic (exact) mass is 494 g/mol. The number of hydrogen-bond acceptors (Lipinski definition) is 9. The molecule has 2 atom stereocenters. The van der Waals surface area contributed by atoms with E-state index >= 15 is 0 Å². The molecule has 11 nitrogen and oxygen atoms in total. The van der Waals surface area contributed by atoms with Crippen molar-refractivity contribution in [1.82, 2.24) is 14.9 Å². The summed E-state index contributed by atoms with van der Waals surface area (Å²) in [5.74, 6) is -0.0837. The third-order valence-electron chi connectivity index (χ3n) is 7.48. The Bertz CT molecular complexity index is 1140. The van der Waals surface area contributed by atoms with Crippen LogP contribution in [0.1, 0.15) is 25.3 Å². The van der Waals surface area contributed by atoms with Crippen LogP contribution in [-0.2, 0) is 20.7 Å². The number of carbonyl (C=O) groups is 2. The lowest BCUT2D eigenvalue weighted by Gasteiger charge is -2.50. The van der Waals surface area contributed by atoms with Crippen LogP contribution in [-0.4, -0.2) is 77.0 Å². The Hall–Kier alpha value is -3.76. The van der Waals surface area contributed by atoms with Crippen LogP contribution >= 0.6 is 0 Å². The maximum Gasteiger partial charge on any atom is 0.309 e. The van der Waals surface area contributed by atoms with E-state index < -0.39 is 4.92 Å². The molecular formula is C25H30N6O5. The highest BCUT2D eigenvalue weighted by atomic mass is 16.6. The molecule has 2 fully saturated rings. The first-order valence-electron chi connectivity index (χ1n) is 12.5. The van der Waals surface area contributed by atoms with Crippen molar-refractivity contribution < 1.29 is 19.2 Å². The minimum Gasteiger partial charge on any atom is -0.466 e. The number of piperazine rings is 1. The Balaban J connectivity index is 1.40. The zero-order chi connectivity index (χ0) is 25.2. The largest absolute Gasteiger partial charge is 0.466 e. The van der Waals surface area contributed by atoms with Crippen molar-refractivity contribution in [3.63, 3.8) is 0 Å². The fraction of sp³-hybridized carbons (Fsp3) is 0.520. The zero-order valence-corrected chi connectivity index (χ0v) is 20.3. The van der Waals surface area contributed by atoms with E-state index in [0.29, 0.717) is 64.5 Å². The average molecular weight is 495 g/mol. The number of non-ortho nitro benzene ring substituents is 1. The number of nitro benzene ring substituents is 1. The molecule has 3 aliphatic rings. The lowest BCUT2D eigenvalue weighted by atomic mass is 9.82. The second kappa shape index (κ2) is 10.1. The summed E-state index contributed by atoms with van der Waals surface area (Å²) in [6, 6.07) is 6.60. The van der Waals surface area contributed by atoms with E-state index in [0.717, 1.165) is 11.3 Å². The van der Waals surface area contributed by atoms with E-state index in [1.54, 1.807) is 37.5 Å². The summed E-state index contributed by atoms with van der Waals surface area (Å²) < 4.78 is 5.17. The zero-order valence-electron chi connectivity index (χ0n) is 20.3. The van der Waals surface area contributed by atoms with Crippen molar-refractivity contribution in [2.45, 2.75) is 32.2 Å². The van der Waals surface area contributed by atoms with Crippen molar-refractivity contribution >= 4 is 29.2 Å². The number of anilines is 2. The van der Waals surface area contributed by atoms with Gasteiger partial charge in [0.1, 0.15) is 0 Å². The maximum absolute atomic E-state index is 13.9. The fourth-order valence-electron chi connectivity index (χ4n) is 5.67. The highest BCUT2D eigenvalue weighted by Crippen LogP contribution is 2.39. The number of benzene rings is 1. The number of nitro groups is 1. The van der Waals surface area contributed by atoms with Crippen LogP contribution < -0.4 is 9.80 Å². The van der Waals surface area contributed by atoms with Gasteiger partial charge >= 0.3 is 5.97 Å². The van der Waals surface area contributed by atoms with Gasteiger partial charge in [0.2, 0.25) is 11.9 Å². The van der Waals surface area contributed by atoms with Gasteiger partial charge in [-0.1, -0.05) is 0 Å². The van der Waals surface area contributed by atoms with Crippen LogP contribution in [0, 0.1) is 22.0 Å². The van der Waals surface area contributed by atoms with Gasteiger partial charge in [0.05, 0.1) is 29.4 Å². The van der Waals surface area contributed by atoms with E-state index in [2.05, 4.69) is 19.8 Å². The third kappa shape index (κ3) is 4.57. The molecule has 2 saturated heterocycles. The average Bonchev–Trinajstić information content (AvgIpc) is 2.92. The molecule has 1 amide bonds. The van der Waals surface area contributed by atoms with Crippen LogP contribution in [0.4, 0.5) is 17.3 Å². The maximum atomic E-state index is 13.9. The number of fused-ring (bicyclic) bond motifs is 3. The number of likely N-dealkylation sites (tertiary alicyclic amines) is 1. The lowest BCUT2D eigenvalue weighted by molar-refractivity contribution is -0.384. The summed E-state index contributed by atoms with van der Waals surface area (Å²) in [4.78, 5) is 52.0. The first kappa shape index (κ1) is 24.0. The number of amides is 1. The second-order valence-electron chi connectivity index (χ2n) is 9.49. The Morgan fingerprint density at radius 3 is 2.58 bits per heavy atom. The third-order valence-corrected chi connectivity index (χ3v) is 7.48. The number of nitrogens with zero attached hydrogens (tertiary/aromatic N) is 6. The normalized spacial score (nSPS) is 22.0. The molecule has 0 spiro atoms. The van der Waals surface area contributed by atoms with Crippen molar-refractivity contribution in [1.29, 1.82) is 0 Å². The van der Waals surface area contributed by atoms with E-state index in [1.165, 1.54) is 6.07 Å². The van der Waals surface area contributed by atoms with Crippen LogP contribution in [0.15, 0.2) is 36.7 Å². The number of esters is 1. The van der Waals surface area contributed by atoms with Gasteiger partial charge in [0.25, 0.3) is 5.69 Å². The van der Waals surface area contributed by atoms with E-state index in [9.17, 15) is 19.7 Å². The molecule has 0 saturated carbocycles. The molecule has 2 unspecified atom stereocenters. The molecule has 1 aromatic heterocycles. The molecule has 0 radical (unpaired) electrons. The summed E-state index contributed by atoms with van der Waals surface area (Å²) in [7, 11) is 0. The molecule has 5 rings (SSSR count). The Labute approximate surface area is 209 Å². The molecule has 0 bridgehead atoms. The van der Waals surface area contributed by atoms with Gasteiger partial charge < -0.3 is 19.4 Å². The van der Waals surface area contributed by atoms with Gasteiger partial charge in [-0.25, -0.2) is 9.97 Å². The summed E-state index contributed by atoms with van der Waals surface area (Å²) >= 11 is 0. The molecular weight excluding hydrogens is 464 g/mol. The molecule has 0 aliphatic carbocycles. The molecule has 3 aliphatic heterocycles. The van der Waals surface area contributed by atoms with Crippen LogP contribution in [0.5, 0.6) is 0 Å². The van der Waals surface area contributed by atoms with Gasteiger partial charge in [0, 0.05) is 62.9 Å². The number of hydrogen-bond donors (Lipinski definition) is 0. The van der Waals surface area contributed by atoms with Crippen molar-refractivity contribution in [3.8, 4) is 0 Å². The topological polar surface area (TPSA) is 122 Å². The summed E-state index contributed by atoms with van der Waals surface area (Å²) in [5.41, 5.74) is 1.80. The second-order valence-corrected chi connectivity index (χ2v) is 9.49. The molecule has 11 heteroatoms. The standard InChI is InChI=1S/C25H30N6O5/c1-2-36-24(33)17-6-10-28(11-7-17)23(32)20-15-18-14-19(31(34)35)4-5-21(18)30-13-12-29(16-22(20)30)25-26-8-3-9-27-25/h3-5,8-9,14,17,20,22H,2,6-7,10-13,15-16H2,1H3. The SMILES string of the molecule is CCOC(=O)C1CCN(C(=O)C2Cc3cc([N+](=O)[O-])ccc3N3CCN(c4ncccn4)CC23)CC1. The van der Waals surface area contributed by atoms with E-state index in [4.69, 9.17) is 4.74 Å². The number of ether oxygens (including phenoxy) is 1. The predicted molar refractivity (Wildman–Crippen MR) is 132 cm³/mol. The first-order chi connectivity index (χ1) is 17.5. The van der Waals surface area contributed by atoms with Crippen molar-refractivity contribution in [2.24, 2.45) is 11.8 Å². The molecule has 36 heavy (non-hydrogen) atoms. The van der Waals surface area contributed by atoms with Crippen molar-refractivity contribution in [3.05, 3.63) is 52.3 Å². The summed E-state index contributed by atoms with van der Waals surface area (Å²) in [6.45, 7) is 5.06. The molecule has 1 aromatic carbocycles. The first-order valence-corrected chi connectivity index (χ1v) is 12.5. The Morgan fingerprint density at radius 1 is 1.14 bits per heavy atom. The summed E-state index contributed by atoms with van der Waals surface area (Å²) in [5, 5.41) is 11.4. The molecule has 4 heterocycles. The number of piperidine rings is 1. The number of carbonyl (C=O) groups excluding carboxylic acids is 2. The van der Waals surface area contributed by atoms with E-state index in [1.807, 2.05) is 4.90 Å². The molecule has 2 aromatic rings. The summed E-state index contributed by atoms with van der Waals surface area (Å²) in [6.07, 6.45) is 5.01. The van der Waals surface area contributed by atoms with Gasteiger partial charge in [0.15, 0.2) is 0 Å².